The summed E-state index contributed by atoms with van der Waals surface area (Å²) in [4.78, 5) is 12.7. The number of nitrogens with zero attached hydrogens (tertiary/aromatic N) is 1. The van der Waals surface area contributed by atoms with Crippen LogP contribution in [0.5, 0.6) is 0 Å². The predicted octanol–water partition coefficient (Wildman–Crippen LogP) is 2.85. The zero-order valence-electron chi connectivity index (χ0n) is 11.3. The van der Waals surface area contributed by atoms with Crippen LogP contribution in [0.2, 0.25) is 0 Å². The van der Waals surface area contributed by atoms with Crippen molar-refractivity contribution in [1.82, 2.24) is 4.90 Å². The fourth-order valence-electron chi connectivity index (χ4n) is 1.79. The van der Waals surface area contributed by atoms with Crippen molar-refractivity contribution in [2.75, 3.05) is 13.6 Å². The minimum absolute atomic E-state index is 0.0121. The molecule has 0 amide bonds. The highest BCUT2D eigenvalue weighted by molar-refractivity contribution is 5.69. The molecule has 0 saturated carbocycles. The molecule has 0 saturated heterocycles. The average molecular weight is 253 g/mol. The molecule has 1 aromatic rings. The third-order valence-corrected chi connectivity index (χ3v) is 3.32. The summed E-state index contributed by atoms with van der Waals surface area (Å²) in [5.74, 6) is -1.48. The Bertz CT molecular complexity index is 434. The lowest BCUT2D eigenvalue weighted by molar-refractivity contribution is -0.141. The Balaban J connectivity index is 2.76. The molecule has 0 spiro atoms. The number of halogens is 1. The van der Waals surface area contributed by atoms with E-state index in [2.05, 4.69) is 0 Å². The molecule has 100 valence electrons. The van der Waals surface area contributed by atoms with Crippen LogP contribution in [-0.4, -0.2) is 29.6 Å². The molecule has 1 N–H and O–H groups in total. The molecule has 4 heteroatoms. The van der Waals surface area contributed by atoms with Gasteiger partial charge in [0.1, 0.15) is 5.82 Å². The second-order valence-electron chi connectivity index (χ2n) is 4.86. The van der Waals surface area contributed by atoms with Crippen molar-refractivity contribution < 1.29 is 14.3 Å². The van der Waals surface area contributed by atoms with Crippen LogP contribution in [0.1, 0.15) is 31.0 Å². The lowest BCUT2D eigenvalue weighted by Gasteiger charge is -2.26. The topological polar surface area (TPSA) is 40.5 Å². The van der Waals surface area contributed by atoms with Crippen LogP contribution in [0.3, 0.4) is 0 Å². The summed E-state index contributed by atoms with van der Waals surface area (Å²) in [6.45, 7) is 5.77. The van der Waals surface area contributed by atoms with Gasteiger partial charge in [0, 0.05) is 12.6 Å². The maximum Gasteiger partial charge on any atom is 0.307 e. The van der Waals surface area contributed by atoms with Crippen molar-refractivity contribution in [3.8, 4) is 0 Å². The zero-order valence-corrected chi connectivity index (χ0v) is 11.3. The summed E-state index contributed by atoms with van der Waals surface area (Å²) in [5.41, 5.74) is 1.48. The molecule has 0 aliphatic heterocycles. The van der Waals surface area contributed by atoms with Crippen LogP contribution in [0.25, 0.3) is 0 Å². The molecule has 0 heterocycles. The van der Waals surface area contributed by atoms with E-state index in [1.165, 1.54) is 6.07 Å². The van der Waals surface area contributed by atoms with E-state index in [1.54, 1.807) is 19.9 Å². The van der Waals surface area contributed by atoms with Crippen molar-refractivity contribution in [1.29, 1.82) is 0 Å². The standard InChI is InChI=1S/C14H20FNO2/c1-9-5-6-12(7-13(9)15)11(3)16(4)8-10(2)14(17)18/h5-7,10-11H,8H2,1-4H3,(H,17,18). The van der Waals surface area contributed by atoms with Crippen molar-refractivity contribution >= 4 is 5.97 Å². The van der Waals surface area contributed by atoms with E-state index in [1.807, 2.05) is 24.9 Å². The number of hydrogen-bond acceptors (Lipinski definition) is 2. The smallest absolute Gasteiger partial charge is 0.307 e. The van der Waals surface area contributed by atoms with Crippen molar-refractivity contribution in [2.24, 2.45) is 5.92 Å². The summed E-state index contributed by atoms with van der Waals surface area (Å²) in [7, 11) is 1.85. The van der Waals surface area contributed by atoms with Crippen LogP contribution in [0.4, 0.5) is 4.39 Å². The van der Waals surface area contributed by atoms with E-state index in [0.717, 1.165) is 5.56 Å². The number of hydrogen-bond donors (Lipinski definition) is 1. The summed E-state index contributed by atoms with van der Waals surface area (Å²) in [6, 6.07) is 5.13. The van der Waals surface area contributed by atoms with Crippen LogP contribution >= 0.6 is 0 Å². The molecule has 18 heavy (non-hydrogen) atoms. The van der Waals surface area contributed by atoms with Crippen molar-refractivity contribution in [2.45, 2.75) is 26.8 Å². The predicted molar refractivity (Wildman–Crippen MR) is 69.0 cm³/mol. The minimum Gasteiger partial charge on any atom is -0.481 e. The first-order valence-electron chi connectivity index (χ1n) is 6.02. The molecule has 0 aliphatic carbocycles. The van der Waals surface area contributed by atoms with E-state index >= 15 is 0 Å². The monoisotopic (exact) mass is 253 g/mol. The second-order valence-corrected chi connectivity index (χ2v) is 4.86. The first-order chi connectivity index (χ1) is 8.32. The number of aliphatic carboxylic acids is 1. The van der Waals surface area contributed by atoms with Gasteiger partial charge in [0.05, 0.1) is 5.92 Å². The number of aryl methyl sites for hydroxylation is 1. The van der Waals surface area contributed by atoms with Gasteiger partial charge in [-0.15, -0.1) is 0 Å². The van der Waals surface area contributed by atoms with E-state index in [-0.39, 0.29) is 11.9 Å². The summed E-state index contributed by atoms with van der Waals surface area (Å²) >= 11 is 0. The Morgan fingerprint density at radius 2 is 2.06 bits per heavy atom. The van der Waals surface area contributed by atoms with Gasteiger partial charge in [0.15, 0.2) is 0 Å². The van der Waals surface area contributed by atoms with Gasteiger partial charge < -0.3 is 5.11 Å². The van der Waals surface area contributed by atoms with E-state index in [4.69, 9.17) is 5.11 Å². The maximum atomic E-state index is 13.5. The molecule has 1 rings (SSSR count). The summed E-state index contributed by atoms with van der Waals surface area (Å²) in [5, 5.41) is 8.88. The number of carboxylic acids is 1. The quantitative estimate of drug-likeness (QED) is 0.877. The lowest BCUT2D eigenvalue weighted by atomic mass is 10.0. The van der Waals surface area contributed by atoms with Crippen LogP contribution in [0, 0.1) is 18.7 Å². The molecule has 2 atom stereocenters. The minimum atomic E-state index is -0.816. The average Bonchev–Trinajstić information content (AvgIpc) is 2.31. The molecular weight excluding hydrogens is 233 g/mol. The Morgan fingerprint density at radius 1 is 1.44 bits per heavy atom. The fourth-order valence-corrected chi connectivity index (χ4v) is 1.79. The van der Waals surface area contributed by atoms with Crippen LogP contribution in [0.15, 0.2) is 18.2 Å². The van der Waals surface area contributed by atoms with Crippen molar-refractivity contribution in [3.63, 3.8) is 0 Å². The fraction of sp³-hybridized carbons (Fsp3) is 0.500. The highest BCUT2D eigenvalue weighted by atomic mass is 19.1. The Hall–Kier alpha value is -1.42. The normalized spacial score (nSPS) is 14.6. The summed E-state index contributed by atoms with van der Waals surface area (Å²) < 4.78 is 13.5. The van der Waals surface area contributed by atoms with E-state index in [9.17, 15) is 9.18 Å². The Labute approximate surface area is 107 Å². The third-order valence-electron chi connectivity index (χ3n) is 3.32. The molecule has 1 aromatic carbocycles. The van der Waals surface area contributed by atoms with E-state index in [0.29, 0.717) is 12.1 Å². The molecule has 0 fully saturated rings. The zero-order chi connectivity index (χ0) is 13.9. The molecule has 0 radical (unpaired) electrons. The summed E-state index contributed by atoms with van der Waals surface area (Å²) in [6.07, 6.45) is 0. The third kappa shape index (κ3) is 3.53. The van der Waals surface area contributed by atoms with Gasteiger partial charge in [-0.2, -0.15) is 0 Å². The van der Waals surface area contributed by atoms with Gasteiger partial charge >= 0.3 is 5.97 Å². The van der Waals surface area contributed by atoms with Crippen LogP contribution in [-0.2, 0) is 4.79 Å². The molecule has 0 aromatic heterocycles. The Morgan fingerprint density at radius 3 is 2.56 bits per heavy atom. The molecular formula is C14H20FNO2. The molecule has 2 unspecified atom stereocenters. The number of benzene rings is 1. The number of carbonyl (C=O) groups is 1. The highest BCUT2D eigenvalue weighted by Crippen LogP contribution is 2.21. The molecule has 0 bridgehead atoms. The SMILES string of the molecule is Cc1ccc(C(C)N(C)CC(C)C(=O)O)cc1F. The first-order valence-corrected chi connectivity index (χ1v) is 6.02. The second kappa shape index (κ2) is 5.96. The first kappa shape index (κ1) is 14.6. The van der Waals surface area contributed by atoms with Crippen LogP contribution < -0.4 is 0 Å². The van der Waals surface area contributed by atoms with E-state index < -0.39 is 11.9 Å². The van der Waals surface area contributed by atoms with Gasteiger partial charge in [-0.25, -0.2) is 4.39 Å². The molecule has 3 nitrogen and oxygen atoms in total. The van der Waals surface area contributed by atoms with Gasteiger partial charge in [-0.1, -0.05) is 19.1 Å². The van der Waals surface area contributed by atoms with Crippen molar-refractivity contribution in [3.05, 3.63) is 35.1 Å². The van der Waals surface area contributed by atoms with Gasteiger partial charge in [-0.3, -0.25) is 9.69 Å². The largest absolute Gasteiger partial charge is 0.481 e. The maximum absolute atomic E-state index is 13.5. The number of carboxylic acid groups (broad SMARTS) is 1. The lowest BCUT2D eigenvalue weighted by Crippen LogP contribution is -2.30. The van der Waals surface area contributed by atoms with Gasteiger partial charge in [0.2, 0.25) is 0 Å². The Kier molecular flexibility index (Phi) is 4.84. The number of rotatable bonds is 5. The highest BCUT2D eigenvalue weighted by Gasteiger charge is 2.18. The van der Waals surface area contributed by atoms with Gasteiger partial charge in [-0.05, 0) is 38.1 Å². The molecule has 0 aliphatic rings. The van der Waals surface area contributed by atoms with Gasteiger partial charge in [0.25, 0.3) is 0 Å².